The van der Waals surface area contributed by atoms with Crippen molar-refractivity contribution in [3.63, 3.8) is 0 Å². The van der Waals surface area contributed by atoms with Crippen LogP contribution in [0.15, 0.2) is 60.7 Å². The topological polar surface area (TPSA) is 66.1 Å². The molecule has 1 aliphatic heterocycles. The van der Waals surface area contributed by atoms with E-state index >= 15 is 0 Å². The summed E-state index contributed by atoms with van der Waals surface area (Å²) in [5.74, 6) is -9.64. The maximum absolute atomic E-state index is 14.3. The van der Waals surface area contributed by atoms with Gasteiger partial charge >= 0.3 is 0 Å². The van der Waals surface area contributed by atoms with E-state index in [1.165, 1.54) is 13.2 Å². The molecule has 4 aromatic carbocycles. The second-order valence-corrected chi connectivity index (χ2v) is 11.5. The number of nitrogens with one attached hydrogen (secondary N) is 2. The SMILES string of the molecule is COc1cc(C(=O)NC(=S)Nc2ccc(N3CCN(c4c(F)c(F)c(F)c(F)c4F)CC3)c(Cl)c2)ccc1OCc1ccc(Cl)cc1. The van der Waals surface area contributed by atoms with Crippen molar-refractivity contribution in [2.45, 2.75) is 6.61 Å². The highest BCUT2D eigenvalue weighted by Crippen LogP contribution is 2.34. The average Bonchev–Trinajstić information content (AvgIpc) is 3.06. The van der Waals surface area contributed by atoms with E-state index in [1.54, 1.807) is 42.5 Å². The van der Waals surface area contributed by atoms with Crippen LogP contribution in [0, 0.1) is 29.1 Å². The normalized spacial score (nSPS) is 12.9. The molecule has 0 radical (unpaired) electrons. The highest BCUT2D eigenvalue weighted by Gasteiger charge is 2.31. The first-order chi connectivity index (χ1) is 22.5. The van der Waals surface area contributed by atoms with Crippen LogP contribution < -0.4 is 29.9 Å². The molecule has 0 unspecified atom stereocenters. The molecule has 1 fully saturated rings. The summed E-state index contributed by atoms with van der Waals surface area (Å²) in [6, 6.07) is 16.8. The fourth-order valence-electron chi connectivity index (χ4n) is 4.89. The molecule has 2 N–H and O–H groups in total. The van der Waals surface area contributed by atoms with Gasteiger partial charge in [-0.2, -0.15) is 0 Å². The predicted octanol–water partition coefficient (Wildman–Crippen LogP) is 7.73. The first-order valence-corrected chi connectivity index (χ1v) is 15.1. The number of carbonyl (C=O) groups is 1. The Labute approximate surface area is 281 Å². The van der Waals surface area contributed by atoms with Crippen LogP contribution in [-0.2, 0) is 6.61 Å². The molecule has 1 saturated heterocycles. The summed E-state index contributed by atoms with van der Waals surface area (Å²) in [5.41, 5.74) is 1.25. The van der Waals surface area contributed by atoms with E-state index in [0.29, 0.717) is 32.9 Å². The van der Waals surface area contributed by atoms with Gasteiger partial charge in [0.15, 0.2) is 39.9 Å². The number of halogens is 7. The van der Waals surface area contributed by atoms with Gasteiger partial charge in [-0.1, -0.05) is 35.3 Å². The van der Waals surface area contributed by atoms with Gasteiger partial charge in [0.05, 0.1) is 17.8 Å². The van der Waals surface area contributed by atoms with Crippen molar-refractivity contribution in [1.82, 2.24) is 5.32 Å². The molecule has 5 rings (SSSR count). The first kappa shape index (κ1) is 34.0. The van der Waals surface area contributed by atoms with Crippen molar-refractivity contribution in [3.8, 4) is 11.5 Å². The molecule has 1 amide bonds. The fraction of sp³-hybridized carbons (Fsp3) is 0.188. The summed E-state index contributed by atoms with van der Waals surface area (Å²) >= 11 is 17.7. The Hall–Kier alpha value is -4.33. The maximum atomic E-state index is 14.3. The van der Waals surface area contributed by atoms with Gasteiger partial charge in [-0.25, -0.2) is 22.0 Å². The monoisotopic (exact) mass is 710 g/mol. The Morgan fingerprint density at radius 2 is 1.43 bits per heavy atom. The molecule has 246 valence electrons. The summed E-state index contributed by atoms with van der Waals surface area (Å²) in [7, 11) is 1.46. The summed E-state index contributed by atoms with van der Waals surface area (Å²) in [6.07, 6.45) is 0. The van der Waals surface area contributed by atoms with Crippen LogP contribution in [0.3, 0.4) is 0 Å². The van der Waals surface area contributed by atoms with Crippen molar-refractivity contribution >= 4 is 63.5 Å². The van der Waals surface area contributed by atoms with Gasteiger partial charge in [-0.05, 0) is 66.3 Å². The third kappa shape index (κ3) is 7.64. The van der Waals surface area contributed by atoms with Crippen LogP contribution in [0.4, 0.5) is 39.0 Å². The highest BCUT2D eigenvalue weighted by atomic mass is 35.5. The van der Waals surface area contributed by atoms with E-state index in [2.05, 4.69) is 10.6 Å². The maximum Gasteiger partial charge on any atom is 0.257 e. The lowest BCUT2D eigenvalue weighted by Gasteiger charge is -2.38. The van der Waals surface area contributed by atoms with Crippen molar-refractivity contribution in [2.75, 3.05) is 48.4 Å². The molecule has 0 aliphatic carbocycles. The third-order valence-electron chi connectivity index (χ3n) is 7.29. The van der Waals surface area contributed by atoms with Gasteiger partial charge in [-0.3, -0.25) is 10.1 Å². The van der Waals surface area contributed by atoms with E-state index in [9.17, 15) is 26.7 Å². The number of anilines is 3. The van der Waals surface area contributed by atoms with Crippen molar-refractivity contribution in [2.24, 2.45) is 0 Å². The molecule has 0 bridgehead atoms. The first-order valence-electron chi connectivity index (χ1n) is 13.9. The van der Waals surface area contributed by atoms with Crippen LogP contribution in [0.1, 0.15) is 15.9 Å². The van der Waals surface area contributed by atoms with Crippen molar-refractivity contribution in [3.05, 3.63) is 111 Å². The quantitative estimate of drug-likeness (QED) is 0.0840. The molecule has 1 heterocycles. The Morgan fingerprint density at radius 3 is 2.04 bits per heavy atom. The number of carbonyl (C=O) groups excluding carboxylic acids is 1. The molecule has 0 spiro atoms. The highest BCUT2D eigenvalue weighted by molar-refractivity contribution is 7.80. The molecular formula is C32H25Cl2F5N4O3S. The molecule has 47 heavy (non-hydrogen) atoms. The van der Waals surface area contributed by atoms with Gasteiger partial charge in [0.2, 0.25) is 5.82 Å². The average molecular weight is 712 g/mol. The summed E-state index contributed by atoms with van der Waals surface area (Å²) in [6.45, 7) is 0.600. The van der Waals surface area contributed by atoms with Crippen LogP contribution in [0.2, 0.25) is 10.0 Å². The third-order valence-corrected chi connectivity index (χ3v) is 8.05. The number of amides is 1. The number of thiocarbonyl (C=S) groups is 1. The second-order valence-electron chi connectivity index (χ2n) is 10.2. The molecule has 7 nitrogen and oxygen atoms in total. The zero-order valence-electron chi connectivity index (χ0n) is 24.5. The van der Waals surface area contributed by atoms with Crippen LogP contribution in [-0.4, -0.2) is 44.3 Å². The van der Waals surface area contributed by atoms with E-state index in [-0.39, 0.29) is 43.5 Å². The number of hydrogen-bond acceptors (Lipinski definition) is 6. The van der Waals surface area contributed by atoms with Crippen LogP contribution in [0.5, 0.6) is 11.5 Å². The van der Waals surface area contributed by atoms with Crippen molar-refractivity contribution in [1.29, 1.82) is 0 Å². The lowest BCUT2D eigenvalue weighted by Crippen LogP contribution is -2.47. The Kier molecular flexibility index (Phi) is 10.6. The van der Waals surface area contributed by atoms with Gasteiger partial charge < -0.3 is 24.6 Å². The Morgan fingerprint density at radius 1 is 0.809 bits per heavy atom. The largest absolute Gasteiger partial charge is 0.493 e. The Balaban J connectivity index is 1.17. The van der Waals surface area contributed by atoms with Gasteiger partial charge in [0, 0.05) is 42.5 Å². The molecule has 4 aromatic rings. The lowest BCUT2D eigenvalue weighted by atomic mass is 10.2. The van der Waals surface area contributed by atoms with Gasteiger partial charge in [-0.15, -0.1) is 0 Å². The molecular weight excluding hydrogens is 686 g/mol. The number of methoxy groups -OCH3 is 1. The van der Waals surface area contributed by atoms with E-state index < -0.39 is 40.7 Å². The summed E-state index contributed by atoms with van der Waals surface area (Å²) in [4.78, 5) is 15.8. The van der Waals surface area contributed by atoms with Crippen LogP contribution in [0.25, 0.3) is 0 Å². The number of piperazine rings is 1. The molecule has 1 aliphatic rings. The fourth-order valence-corrected chi connectivity index (χ4v) is 5.53. The number of nitrogens with zero attached hydrogens (tertiary/aromatic N) is 2. The minimum absolute atomic E-state index is 0.00252. The smallest absolute Gasteiger partial charge is 0.257 e. The standard InChI is InChI=1S/C32H25Cl2F5N4O3S/c1-45-24-14-18(4-9-23(24)46-16-17-2-5-19(33)6-3-17)31(44)41-32(47)40-20-7-8-22(21(34)15-20)42-10-12-43(13-11-42)30-28(38)26(36)25(35)27(37)29(30)39/h2-9,14-15H,10-13,16H2,1H3,(H2,40,41,44,47). The Bertz CT molecular complexity index is 1800. The van der Waals surface area contributed by atoms with Crippen LogP contribution >= 0.6 is 35.4 Å². The zero-order valence-corrected chi connectivity index (χ0v) is 26.8. The predicted molar refractivity (Wildman–Crippen MR) is 175 cm³/mol. The minimum Gasteiger partial charge on any atom is -0.493 e. The number of rotatable bonds is 8. The van der Waals surface area contributed by atoms with E-state index in [0.717, 1.165) is 10.5 Å². The number of benzene rings is 4. The molecule has 0 saturated carbocycles. The van der Waals surface area contributed by atoms with E-state index in [1.807, 2.05) is 17.0 Å². The summed E-state index contributed by atoms with van der Waals surface area (Å²) in [5, 5.41) is 6.39. The molecule has 0 atom stereocenters. The van der Waals surface area contributed by atoms with Gasteiger partial charge in [0.25, 0.3) is 5.91 Å². The summed E-state index contributed by atoms with van der Waals surface area (Å²) < 4.78 is 80.6. The van der Waals surface area contributed by atoms with E-state index in [4.69, 9.17) is 44.9 Å². The van der Waals surface area contributed by atoms with Crippen molar-refractivity contribution < 1.29 is 36.2 Å². The number of ether oxygens (including phenoxy) is 2. The number of hydrogen-bond donors (Lipinski definition) is 2. The van der Waals surface area contributed by atoms with Gasteiger partial charge in [0.1, 0.15) is 12.3 Å². The lowest BCUT2D eigenvalue weighted by molar-refractivity contribution is 0.0977. The second kappa shape index (κ2) is 14.6. The molecule has 0 aromatic heterocycles. The minimum atomic E-state index is -2.20. The zero-order chi connectivity index (χ0) is 33.8. The molecule has 15 heteroatoms.